The summed E-state index contributed by atoms with van der Waals surface area (Å²) in [5.41, 5.74) is 0.752. The van der Waals surface area contributed by atoms with Gasteiger partial charge < -0.3 is 10.1 Å². The van der Waals surface area contributed by atoms with Crippen molar-refractivity contribution in [2.24, 2.45) is 0 Å². The van der Waals surface area contributed by atoms with Gasteiger partial charge in [0.05, 0.1) is 18.1 Å². The Hall–Kier alpha value is -1.15. The molecule has 1 aromatic carbocycles. The van der Waals surface area contributed by atoms with Gasteiger partial charge in [-0.05, 0) is 36.8 Å². The Bertz CT molecular complexity index is 811. The molecule has 7 heteroatoms. The average molecular weight is 395 g/mol. The fourth-order valence-electron chi connectivity index (χ4n) is 3.93. The summed E-state index contributed by atoms with van der Waals surface area (Å²) >= 11 is 3.32. The molecule has 1 unspecified atom stereocenters. The molecular formula is C19H23FN2O2S2. The standard InChI is InChI=1S/C19H23FN2O2S2/c1-13-16-14(20)3-2-4-15(16)26-17(13)18(23)21-11-19(5-10-25-12-19)22-6-8-24-9-7-22/h2-4H,5-12H2,1H3,(H,21,23). The van der Waals surface area contributed by atoms with E-state index in [1.807, 2.05) is 24.8 Å². The van der Waals surface area contributed by atoms with Crippen LogP contribution >= 0.6 is 23.1 Å². The first kappa shape index (κ1) is 18.2. The Kier molecular flexibility index (Phi) is 5.23. The Morgan fingerprint density at radius 1 is 1.38 bits per heavy atom. The number of carbonyl (C=O) groups is 1. The first-order valence-electron chi connectivity index (χ1n) is 8.97. The average Bonchev–Trinajstić information content (AvgIpc) is 3.27. The van der Waals surface area contributed by atoms with E-state index in [9.17, 15) is 9.18 Å². The van der Waals surface area contributed by atoms with Gasteiger partial charge in [0, 0.05) is 41.0 Å². The van der Waals surface area contributed by atoms with Crippen molar-refractivity contribution in [2.45, 2.75) is 18.9 Å². The molecule has 1 amide bonds. The molecule has 0 radical (unpaired) electrons. The minimum Gasteiger partial charge on any atom is -0.379 e. The van der Waals surface area contributed by atoms with Crippen LogP contribution in [-0.4, -0.2) is 60.7 Å². The van der Waals surface area contributed by atoms with Gasteiger partial charge >= 0.3 is 0 Å². The number of aryl methyl sites for hydroxylation is 1. The third kappa shape index (κ3) is 3.26. The van der Waals surface area contributed by atoms with Crippen LogP contribution in [0.3, 0.4) is 0 Å². The quantitative estimate of drug-likeness (QED) is 0.864. The van der Waals surface area contributed by atoms with E-state index in [-0.39, 0.29) is 17.3 Å². The zero-order chi connectivity index (χ0) is 18.1. The summed E-state index contributed by atoms with van der Waals surface area (Å²) in [7, 11) is 0. The predicted octanol–water partition coefficient (Wildman–Crippen LogP) is 3.29. The lowest BCUT2D eigenvalue weighted by atomic mass is 9.95. The van der Waals surface area contributed by atoms with Gasteiger partial charge in [0.2, 0.25) is 0 Å². The Morgan fingerprint density at radius 2 is 2.19 bits per heavy atom. The molecule has 2 aliphatic rings. The molecular weight excluding hydrogens is 371 g/mol. The van der Waals surface area contributed by atoms with Crippen LogP contribution in [0.15, 0.2) is 18.2 Å². The number of nitrogens with zero attached hydrogens (tertiary/aromatic N) is 1. The van der Waals surface area contributed by atoms with E-state index >= 15 is 0 Å². The summed E-state index contributed by atoms with van der Waals surface area (Å²) in [5, 5.41) is 3.72. The molecule has 26 heavy (non-hydrogen) atoms. The second-order valence-electron chi connectivity index (χ2n) is 6.98. The van der Waals surface area contributed by atoms with Crippen LogP contribution in [0.2, 0.25) is 0 Å². The number of carbonyl (C=O) groups excluding carboxylic acids is 1. The van der Waals surface area contributed by atoms with Gasteiger partial charge in [-0.3, -0.25) is 9.69 Å². The fraction of sp³-hybridized carbons (Fsp3) is 0.526. The van der Waals surface area contributed by atoms with Crippen molar-refractivity contribution >= 4 is 39.1 Å². The maximum Gasteiger partial charge on any atom is 0.261 e. The number of thiophene rings is 1. The monoisotopic (exact) mass is 394 g/mol. The number of hydrogen-bond donors (Lipinski definition) is 1. The van der Waals surface area contributed by atoms with E-state index in [2.05, 4.69) is 10.2 Å². The normalized spacial score (nSPS) is 24.2. The van der Waals surface area contributed by atoms with Crippen molar-refractivity contribution in [1.82, 2.24) is 10.2 Å². The van der Waals surface area contributed by atoms with Crippen LogP contribution in [0.25, 0.3) is 10.1 Å². The summed E-state index contributed by atoms with van der Waals surface area (Å²) in [5.74, 6) is 1.81. The minimum absolute atomic E-state index is 0.0138. The van der Waals surface area contributed by atoms with Crippen LogP contribution in [0.5, 0.6) is 0 Å². The number of fused-ring (bicyclic) bond motifs is 1. The van der Waals surface area contributed by atoms with Gasteiger partial charge in [-0.15, -0.1) is 11.3 Å². The maximum atomic E-state index is 14.1. The van der Waals surface area contributed by atoms with Crippen LogP contribution in [0, 0.1) is 12.7 Å². The highest BCUT2D eigenvalue weighted by atomic mass is 32.2. The summed E-state index contributed by atoms with van der Waals surface area (Å²) in [6.45, 7) is 5.83. The molecule has 2 saturated heterocycles. The lowest BCUT2D eigenvalue weighted by Crippen LogP contribution is -2.59. The lowest BCUT2D eigenvalue weighted by molar-refractivity contribution is -0.0129. The Morgan fingerprint density at radius 3 is 2.88 bits per heavy atom. The Balaban J connectivity index is 1.52. The highest BCUT2D eigenvalue weighted by Gasteiger charge is 2.41. The third-order valence-electron chi connectivity index (χ3n) is 5.45. The third-order valence-corrected chi connectivity index (χ3v) is 7.94. The zero-order valence-electron chi connectivity index (χ0n) is 14.8. The molecule has 140 valence electrons. The molecule has 1 N–H and O–H groups in total. The highest BCUT2D eigenvalue weighted by Crippen LogP contribution is 2.35. The number of hydrogen-bond acceptors (Lipinski definition) is 5. The van der Waals surface area contributed by atoms with Crippen molar-refractivity contribution < 1.29 is 13.9 Å². The molecule has 2 aromatic rings. The molecule has 0 saturated carbocycles. The SMILES string of the molecule is Cc1c(C(=O)NCC2(N3CCOCC3)CCSC2)sc2cccc(F)c12. The predicted molar refractivity (Wildman–Crippen MR) is 106 cm³/mol. The summed E-state index contributed by atoms with van der Waals surface area (Å²) in [4.78, 5) is 16.0. The van der Waals surface area contributed by atoms with E-state index in [4.69, 9.17) is 4.74 Å². The molecule has 4 nitrogen and oxygen atoms in total. The van der Waals surface area contributed by atoms with Crippen LogP contribution in [-0.2, 0) is 4.74 Å². The largest absolute Gasteiger partial charge is 0.379 e. The molecule has 0 spiro atoms. The molecule has 0 aliphatic carbocycles. The van der Waals surface area contributed by atoms with Crippen molar-refractivity contribution in [1.29, 1.82) is 0 Å². The highest BCUT2D eigenvalue weighted by molar-refractivity contribution is 7.99. The number of ether oxygens (including phenoxy) is 1. The van der Waals surface area contributed by atoms with E-state index in [0.717, 1.165) is 54.5 Å². The molecule has 2 aliphatic heterocycles. The molecule has 1 atom stereocenters. The van der Waals surface area contributed by atoms with Crippen LogP contribution in [0.4, 0.5) is 4.39 Å². The molecule has 3 heterocycles. The summed E-state index contributed by atoms with van der Waals surface area (Å²) < 4.78 is 20.4. The fourth-order valence-corrected chi connectivity index (χ4v) is 6.55. The van der Waals surface area contributed by atoms with Gasteiger partial charge in [-0.2, -0.15) is 11.8 Å². The number of morpholine rings is 1. The first-order valence-corrected chi connectivity index (χ1v) is 10.9. The summed E-state index contributed by atoms with van der Waals surface area (Å²) in [6, 6.07) is 5.01. The maximum absolute atomic E-state index is 14.1. The number of thioether (sulfide) groups is 1. The van der Waals surface area contributed by atoms with Crippen LogP contribution in [0.1, 0.15) is 21.7 Å². The molecule has 4 rings (SSSR count). The lowest BCUT2D eigenvalue weighted by Gasteiger charge is -2.43. The van der Waals surface area contributed by atoms with Gasteiger partial charge in [0.15, 0.2) is 0 Å². The van der Waals surface area contributed by atoms with Crippen LogP contribution < -0.4 is 5.32 Å². The van der Waals surface area contributed by atoms with Gasteiger partial charge in [0.25, 0.3) is 5.91 Å². The van der Waals surface area contributed by atoms with Gasteiger partial charge in [-0.25, -0.2) is 4.39 Å². The topological polar surface area (TPSA) is 41.6 Å². The number of halogens is 1. The van der Waals surface area contributed by atoms with E-state index in [0.29, 0.717) is 16.8 Å². The van der Waals surface area contributed by atoms with E-state index < -0.39 is 0 Å². The molecule has 0 bridgehead atoms. The summed E-state index contributed by atoms with van der Waals surface area (Å²) in [6.07, 6.45) is 1.08. The smallest absolute Gasteiger partial charge is 0.261 e. The van der Waals surface area contributed by atoms with Gasteiger partial charge in [-0.1, -0.05) is 6.07 Å². The van der Waals surface area contributed by atoms with E-state index in [1.165, 1.54) is 17.4 Å². The number of rotatable bonds is 4. The van der Waals surface area contributed by atoms with E-state index in [1.54, 1.807) is 6.07 Å². The molecule has 2 fully saturated rings. The number of nitrogens with one attached hydrogen (secondary N) is 1. The molecule has 1 aromatic heterocycles. The number of benzene rings is 1. The number of amides is 1. The van der Waals surface area contributed by atoms with Crippen molar-refractivity contribution in [3.8, 4) is 0 Å². The first-order chi connectivity index (χ1) is 12.6. The van der Waals surface area contributed by atoms with Gasteiger partial charge in [0.1, 0.15) is 5.82 Å². The Labute approximate surface area is 161 Å². The van der Waals surface area contributed by atoms with Crippen molar-refractivity contribution in [2.75, 3.05) is 44.4 Å². The minimum atomic E-state index is -0.257. The second kappa shape index (κ2) is 7.46. The zero-order valence-corrected chi connectivity index (χ0v) is 16.5. The second-order valence-corrected chi connectivity index (χ2v) is 9.14. The van der Waals surface area contributed by atoms with Crippen molar-refractivity contribution in [3.05, 3.63) is 34.5 Å². The van der Waals surface area contributed by atoms with Crippen molar-refractivity contribution in [3.63, 3.8) is 0 Å².